The number of aromatic nitrogens is 2. The van der Waals surface area contributed by atoms with Gasteiger partial charge < -0.3 is 0 Å². The first-order valence-corrected chi connectivity index (χ1v) is 9.45. The maximum atomic E-state index is 13.1. The Bertz CT molecular complexity index is 1010. The van der Waals surface area contributed by atoms with E-state index in [-0.39, 0.29) is 5.56 Å². The van der Waals surface area contributed by atoms with E-state index in [1.807, 2.05) is 49.0 Å². The van der Waals surface area contributed by atoms with Gasteiger partial charge in [-0.25, -0.2) is 4.68 Å². The van der Waals surface area contributed by atoms with Gasteiger partial charge in [-0.15, -0.1) is 0 Å². The summed E-state index contributed by atoms with van der Waals surface area (Å²) in [7, 11) is 1.96. The molecule has 4 heteroatoms. The Morgan fingerprint density at radius 1 is 0.963 bits per heavy atom. The molecule has 0 saturated heterocycles. The fourth-order valence-corrected chi connectivity index (χ4v) is 3.80. The summed E-state index contributed by atoms with van der Waals surface area (Å²) in [6, 6.07) is 20.4. The zero-order valence-electron chi connectivity index (χ0n) is 15.9. The molecule has 0 aliphatic carbocycles. The molecule has 0 N–H and O–H groups in total. The van der Waals surface area contributed by atoms with Crippen molar-refractivity contribution in [2.75, 3.05) is 13.1 Å². The zero-order chi connectivity index (χ0) is 18.8. The highest BCUT2D eigenvalue weighted by Gasteiger charge is 2.20. The molecule has 3 aromatic rings. The summed E-state index contributed by atoms with van der Waals surface area (Å²) >= 11 is 0. The molecule has 2 aromatic carbocycles. The molecule has 1 aliphatic heterocycles. The maximum absolute atomic E-state index is 13.1. The van der Waals surface area contributed by atoms with Crippen molar-refractivity contribution in [1.82, 2.24) is 14.3 Å². The van der Waals surface area contributed by atoms with Crippen LogP contribution < -0.4 is 5.56 Å². The summed E-state index contributed by atoms with van der Waals surface area (Å²) in [5.74, 6) is 0. The molecule has 0 atom stereocenters. The number of para-hydroxylation sites is 1. The van der Waals surface area contributed by atoms with E-state index in [0.29, 0.717) is 6.54 Å². The average molecular weight is 359 g/mol. The summed E-state index contributed by atoms with van der Waals surface area (Å²) in [6.45, 7) is 4.57. The van der Waals surface area contributed by atoms with Gasteiger partial charge in [0, 0.05) is 32.4 Å². The van der Waals surface area contributed by atoms with E-state index in [1.54, 1.807) is 4.68 Å². The van der Waals surface area contributed by atoms with Crippen molar-refractivity contribution in [2.45, 2.75) is 19.9 Å². The monoisotopic (exact) mass is 359 g/mol. The first-order valence-electron chi connectivity index (χ1n) is 9.45. The minimum atomic E-state index is 0.0824. The topological polar surface area (TPSA) is 30.2 Å². The minimum absolute atomic E-state index is 0.0824. The predicted octanol–water partition coefficient (Wildman–Crippen LogP) is 3.77. The Hall–Kier alpha value is -2.85. The molecule has 0 fully saturated rings. The van der Waals surface area contributed by atoms with Crippen LogP contribution in [0.25, 0.3) is 11.3 Å². The second-order valence-corrected chi connectivity index (χ2v) is 7.12. The number of hydrogen-bond acceptors (Lipinski definition) is 2. The smallest absolute Gasteiger partial charge is 0.276 e. The van der Waals surface area contributed by atoms with Crippen LogP contribution in [-0.4, -0.2) is 27.4 Å². The molecule has 0 spiro atoms. The molecule has 0 unspecified atom stereocenters. The van der Waals surface area contributed by atoms with Gasteiger partial charge >= 0.3 is 0 Å². The lowest BCUT2D eigenvalue weighted by Crippen LogP contribution is -2.31. The lowest BCUT2D eigenvalue weighted by atomic mass is 9.99. The highest BCUT2D eigenvalue weighted by atomic mass is 16.1. The van der Waals surface area contributed by atoms with Crippen LogP contribution in [0.15, 0.2) is 71.5 Å². The highest BCUT2D eigenvalue weighted by Crippen LogP contribution is 2.23. The zero-order valence-corrected chi connectivity index (χ0v) is 15.9. The van der Waals surface area contributed by atoms with Gasteiger partial charge in [0.15, 0.2) is 0 Å². The second-order valence-electron chi connectivity index (χ2n) is 7.12. The largest absolute Gasteiger partial charge is 0.295 e. The van der Waals surface area contributed by atoms with Crippen LogP contribution in [0.1, 0.15) is 23.2 Å². The quantitative estimate of drug-likeness (QED) is 0.710. The number of benzene rings is 2. The van der Waals surface area contributed by atoms with Crippen LogP contribution >= 0.6 is 0 Å². The fourth-order valence-electron chi connectivity index (χ4n) is 3.80. The van der Waals surface area contributed by atoms with E-state index >= 15 is 0 Å². The molecule has 0 saturated carbocycles. The predicted molar refractivity (Wildman–Crippen MR) is 110 cm³/mol. The molecular weight excluding hydrogens is 334 g/mol. The van der Waals surface area contributed by atoms with Crippen LogP contribution in [0.2, 0.25) is 0 Å². The summed E-state index contributed by atoms with van der Waals surface area (Å²) in [6.07, 6.45) is 3.32. The molecule has 1 aliphatic rings. The number of nitrogens with zero attached hydrogens (tertiary/aromatic N) is 3. The molecule has 2 heterocycles. The van der Waals surface area contributed by atoms with E-state index in [0.717, 1.165) is 36.5 Å². The standard InChI is InChI=1S/C23H25N3O/c1-18-22(23(27)26(24(18)2)21-11-7-4-8-12-21)17-25-15-13-20(14-16-25)19-9-5-3-6-10-19/h3-13H,14-17H2,1-2H3. The van der Waals surface area contributed by atoms with Crippen molar-refractivity contribution in [1.29, 1.82) is 0 Å². The first kappa shape index (κ1) is 17.6. The van der Waals surface area contributed by atoms with Crippen molar-refractivity contribution in [3.63, 3.8) is 0 Å². The molecule has 0 amide bonds. The third kappa shape index (κ3) is 3.40. The van der Waals surface area contributed by atoms with Crippen LogP contribution in [0, 0.1) is 6.92 Å². The SMILES string of the molecule is Cc1c(CN2CC=C(c3ccccc3)CC2)c(=O)n(-c2ccccc2)n1C. The van der Waals surface area contributed by atoms with Gasteiger partial charge in [0.05, 0.1) is 11.3 Å². The lowest BCUT2D eigenvalue weighted by Gasteiger charge is -2.26. The van der Waals surface area contributed by atoms with Gasteiger partial charge in [0.2, 0.25) is 0 Å². The molecule has 138 valence electrons. The van der Waals surface area contributed by atoms with Crippen molar-refractivity contribution in [3.8, 4) is 5.69 Å². The lowest BCUT2D eigenvalue weighted by molar-refractivity contribution is 0.292. The summed E-state index contributed by atoms with van der Waals surface area (Å²) in [5, 5.41) is 0. The van der Waals surface area contributed by atoms with Crippen LogP contribution in [0.4, 0.5) is 0 Å². The van der Waals surface area contributed by atoms with Gasteiger partial charge in [-0.2, -0.15) is 0 Å². The average Bonchev–Trinajstić information content (AvgIpc) is 2.93. The summed E-state index contributed by atoms with van der Waals surface area (Å²) in [5.41, 5.74) is 5.61. The molecule has 27 heavy (non-hydrogen) atoms. The maximum Gasteiger partial charge on any atom is 0.276 e. The normalized spacial score (nSPS) is 15.0. The van der Waals surface area contributed by atoms with Crippen molar-refractivity contribution < 1.29 is 0 Å². The molecule has 4 rings (SSSR count). The van der Waals surface area contributed by atoms with E-state index < -0.39 is 0 Å². The van der Waals surface area contributed by atoms with Gasteiger partial charge in [-0.1, -0.05) is 54.6 Å². The third-order valence-electron chi connectivity index (χ3n) is 5.49. The highest BCUT2D eigenvalue weighted by molar-refractivity contribution is 5.66. The Morgan fingerprint density at radius 3 is 2.26 bits per heavy atom. The Morgan fingerprint density at radius 2 is 1.63 bits per heavy atom. The molecule has 4 nitrogen and oxygen atoms in total. The molecular formula is C23H25N3O. The molecule has 1 aromatic heterocycles. The Labute approximate surface area is 160 Å². The van der Waals surface area contributed by atoms with Gasteiger partial charge in [-0.05, 0) is 36.6 Å². The Balaban J connectivity index is 1.56. The number of rotatable bonds is 4. The van der Waals surface area contributed by atoms with E-state index in [2.05, 4.69) is 41.3 Å². The fraction of sp³-hybridized carbons (Fsp3) is 0.261. The van der Waals surface area contributed by atoms with Crippen molar-refractivity contribution in [3.05, 3.63) is 93.9 Å². The second kappa shape index (κ2) is 7.41. The van der Waals surface area contributed by atoms with Crippen molar-refractivity contribution in [2.24, 2.45) is 7.05 Å². The van der Waals surface area contributed by atoms with Crippen LogP contribution in [0.5, 0.6) is 0 Å². The van der Waals surface area contributed by atoms with Gasteiger partial charge in [0.25, 0.3) is 5.56 Å². The van der Waals surface area contributed by atoms with Crippen LogP contribution in [0.3, 0.4) is 0 Å². The summed E-state index contributed by atoms with van der Waals surface area (Å²) in [4.78, 5) is 15.4. The van der Waals surface area contributed by atoms with E-state index in [1.165, 1.54) is 11.1 Å². The Kier molecular flexibility index (Phi) is 4.82. The van der Waals surface area contributed by atoms with Gasteiger partial charge in [0.1, 0.15) is 0 Å². The molecule has 0 bridgehead atoms. The molecule has 0 radical (unpaired) electrons. The van der Waals surface area contributed by atoms with Gasteiger partial charge in [-0.3, -0.25) is 14.4 Å². The first-order chi connectivity index (χ1) is 13.1. The van der Waals surface area contributed by atoms with Crippen molar-refractivity contribution >= 4 is 5.57 Å². The van der Waals surface area contributed by atoms with E-state index in [4.69, 9.17) is 0 Å². The minimum Gasteiger partial charge on any atom is -0.295 e. The third-order valence-corrected chi connectivity index (χ3v) is 5.49. The number of hydrogen-bond donors (Lipinski definition) is 0. The van der Waals surface area contributed by atoms with Crippen LogP contribution in [-0.2, 0) is 13.6 Å². The summed E-state index contributed by atoms with van der Waals surface area (Å²) < 4.78 is 3.72. The van der Waals surface area contributed by atoms with E-state index in [9.17, 15) is 4.79 Å².